The fraction of sp³-hybridized carbons (Fsp3) is 0.200. The van der Waals surface area contributed by atoms with Crippen molar-refractivity contribution in [3.05, 3.63) is 48.0 Å². The molecule has 2 aromatic rings. The van der Waals surface area contributed by atoms with Gasteiger partial charge in [0, 0.05) is 24.7 Å². The molecule has 4 heteroatoms. The summed E-state index contributed by atoms with van der Waals surface area (Å²) in [6.07, 6.45) is 0. The Morgan fingerprint density at radius 2 is 1.32 bits per heavy atom. The van der Waals surface area contributed by atoms with Gasteiger partial charge in [-0.1, -0.05) is 12.1 Å². The van der Waals surface area contributed by atoms with Crippen molar-refractivity contribution in [3.63, 3.8) is 0 Å². The molecule has 0 atom stereocenters. The SMILES string of the molecule is COc1cc(OC)cc(Oc2ccc(CN)cc2)c1. The molecule has 0 radical (unpaired) electrons. The number of methoxy groups -OCH3 is 2. The van der Waals surface area contributed by atoms with Crippen LogP contribution in [0, 0.1) is 0 Å². The van der Waals surface area contributed by atoms with Gasteiger partial charge in [-0.05, 0) is 17.7 Å². The van der Waals surface area contributed by atoms with E-state index in [1.54, 1.807) is 32.4 Å². The maximum Gasteiger partial charge on any atom is 0.134 e. The minimum absolute atomic E-state index is 0.521. The number of hydrogen-bond donors (Lipinski definition) is 1. The van der Waals surface area contributed by atoms with Crippen LogP contribution in [0.1, 0.15) is 5.56 Å². The van der Waals surface area contributed by atoms with Crippen molar-refractivity contribution in [2.24, 2.45) is 5.73 Å². The lowest BCUT2D eigenvalue weighted by molar-refractivity contribution is 0.386. The summed E-state index contributed by atoms with van der Waals surface area (Å²) in [5.41, 5.74) is 6.62. The molecule has 0 unspecified atom stereocenters. The normalized spacial score (nSPS) is 10.1. The highest BCUT2D eigenvalue weighted by Crippen LogP contribution is 2.30. The van der Waals surface area contributed by atoms with Crippen molar-refractivity contribution in [1.29, 1.82) is 0 Å². The third-order valence-electron chi connectivity index (χ3n) is 2.72. The molecule has 0 saturated carbocycles. The number of benzene rings is 2. The van der Waals surface area contributed by atoms with E-state index in [-0.39, 0.29) is 0 Å². The van der Waals surface area contributed by atoms with E-state index < -0.39 is 0 Å². The van der Waals surface area contributed by atoms with Crippen molar-refractivity contribution in [1.82, 2.24) is 0 Å². The van der Waals surface area contributed by atoms with E-state index in [0.29, 0.717) is 23.8 Å². The molecule has 2 aromatic carbocycles. The Kier molecular flexibility index (Phi) is 4.26. The summed E-state index contributed by atoms with van der Waals surface area (Å²) in [6.45, 7) is 0.521. The van der Waals surface area contributed by atoms with E-state index in [2.05, 4.69) is 0 Å². The average molecular weight is 259 g/mol. The van der Waals surface area contributed by atoms with Crippen molar-refractivity contribution < 1.29 is 14.2 Å². The van der Waals surface area contributed by atoms with Gasteiger partial charge in [-0.2, -0.15) is 0 Å². The second-order valence-electron chi connectivity index (χ2n) is 4.00. The lowest BCUT2D eigenvalue weighted by Gasteiger charge is -2.10. The summed E-state index contributed by atoms with van der Waals surface area (Å²) in [4.78, 5) is 0. The molecule has 2 rings (SSSR count). The van der Waals surface area contributed by atoms with Crippen LogP contribution >= 0.6 is 0 Å². The van der Waals surface area contributed by atoms with Crippen molar-refractivity contribution in [3.8, 4) is 23.0 Å². The Labute approximate surface area is 112 Å². The molecule has 0 aliphatic rings. The van der Waals surface area contributed by atoms with E-state index in [1.165, 1.54) is 0 Å². The molecule has 4 nitrogen and oxygen atoms in total. The van der Waals surface area contributed by atoms with Gasteiger partial charge in [0.1, 0.15) is 23.0 Å². The second-order valence-corrected chi connectivity index (χ2v) is 4.00. The van der Waals surface area contributed by atoms with Crippen molar-refractivity contribution in [2.75, 3.05) is 14.2 Å². The van der Waals surface area contributed by atoms with Crippen LogP contribution in [0.3, 0.4) is 0 Å². The largest absolute Gasteiger partial charge is 0.496 e. The average Bonchev–Trinajstić information content (AvgIpc) is 2.47. The second kappa shape index (κ2) is 6.11. The van der Waals surface area contributed by atoms with Crippen LogP contribution in [0.4, 0.5) is 0 Å². The first kappa shape index (κ1) is 13.2. The molecule has 0 aliphatic carbocycles. The maximum absolute atomic E-state index is 5.76. The van der Waals surface area contributed by atoms with Crippen molar-refractivity contribution >= 4 is 0 Å². The third kappa shape index (κ3) is 3.39. The van der Waals surface area contributed by atoms with Crippen LogP contribution in [-0.4, -0.2) is 14.2 Å². The highest BCUT2D eigenvalue weighted by molar-refractivity contribution is 5.44. The Bertz CT molecular complexity index is 515. The molecule has 0 bridgehead atoms. The quantitative estimate of drug-likeness (QED) is 0.897. The first-order valence-corrected chi connectivity index (χ1v) is 5.95. The molecular weight excluding hydrogens is 242 g/mol. The van der Waals surface area contributed by atoms with E-state index in [0.717, 1.165) is 11.3 Å². The van der Waals surface area contributed by atoms with Gasteiger partial charge in [0.15, 0.2) is 0 Å². The molecular formula is C15H17NO3. The Morgan fingerprint density at radius 1 is 0.789 bits per heavy atom. The van der Waals surface area contributed by atoms with Gasteiger partial charge in [0.05, 0.1) is 14.2 Å². The van der Waals surface area contributed by atoms with Gasteiger partial charge in [-0.3, -0.25) is 0 Å². The first-order chi connectivity index (χ1) is 9.25. The molecule has 19 heavy (non-hydrogen) atoms. The van der Waals surface area contributed by atoms with Crippen LogP contribution in [-0.2, 0) is 6.54 Å². The molecule has 0 saturated heterocycles. The van der Waals surface area contributed by atoms with Crippen molar-refractivity contribution in [2.45, 2.75) is 6.54 Å². The highest BCUT2D eigenvalue weighted by Gasteiger charge is 2.04. The van der Waals surface area contributed by atoms with Gasteiger partial charge in [-0.25, -0.2) is 0 Å². The predicted molar refractivity (Wildman–Crippen MR) is 74.0 cm³/mol. The van der Waals surface area contributed by atoms with E-state index >= 15 is 0 Å². The highest BCUT2D eigenvalue weighted by atomic mass is 16.5. The zero-order valence-electron chi connectivity index (χ0n) is 11.1. The molecule has 0 amide bonds. The molecule has 0 aliphatic heterocycles. The molecule has 100 valence electrons. The number of rotatable bonds is 5. The fourth-order valence-electron chi connectivity index (χ4n) is 1.67. The smallest absolute Gasteiger partial charge is 0.134 e. The monoisotopic (exact) mass is 259 g/mol. The summed E-state index contributed by atoms with van der Waals surface area (Å²) < 4.78 is 16.2. The zero-order chi connectivity index (χ0) is 13.7. The maximum atomic E-state index is 5.76. The van der Waals surface area contributed by atoms with E-state index in [9.17, 15) is 0 Å². The van der Waals surface area contributed by atoms with Crippen LogP contribution in [0.5, 0.6) is 23.0 Å². The predicted octanol–water partition coefficient (Wildman–Crippen LogP) is 2.95. The topological polar surface area (TPSA) is 53.7 Å². The Balaban J connectivity index is 2.21. The summed E-state index contributed by atoms with van der Waals surface area (Å²) in [6, 6.07) is 13.0. The first-order valence-electron chi connectivity index (χ1n) is 5.95. The van der Waals surface area contributed by atoms with Gasteiger partial charge in [0.25, 0.3) is 0 Å². The molecule has 0 fully saturated rings. The summed E-state index contributed by atoms with van der Waals surface area (Å²) in [5, 5.41) is 0. The lowest BCUT2D eigenvalue weighted by atomic mass is 10.2. The van der Waals surface area contributed by atoms with E-state index in [4.69, 9.17) is 19.9 Å². The van der Waals surface area contributed by atoms with Gasteiger partial charge in [-0.15, -0.1) is 0 Å². The third-order valence-corrected chi connectivity index (χ3v) is 2.72. The Morgan fingerprint density at radius 3 is 1.79 bits per heavy atom. The molecule has 0 heterocycles. The molecule has 0 aromatic heterocycles. The van der Waals surface area contributed by atoms with Crippen LogP contribution in [0.15, 0.2) is 42.5 Å². The minimum atomic E-state index is 0.521. The van der Waals surface area contributed by atoms with Crippen LogP contribution in [0.2, 0.25) is 0 Å². The molecule has 2 N–H and O–H groups in total. The van der Waals surface area contributed by atoms with E-state index in [1.807, 2.05) is 24.3 Å². The lowest BCUT2D eigenvalue weighted by Crippen LogP contribution is -1.95. The summed E-state index contributed by atoms with van der Waals surface area (Å²) in [5.74, 6) is 2.78. The van der Waals surface area contributed by atoms with Gasteiger partial charge < -0.3 is 19.9 Å². The van der Waals surface area contributed by atoms with Gasteiger partial charge >= 0.3 is 0 Å². The summed E-state index contributed by atoms with van der Waals surface area (Å²) >= 11 is 0. The summed E-state index contributed by atoms with van der Waals surface area (Å²) in [7, 11) is 3.21. The van der Waals surface area contributed by atoms with Crippen LogP contribution in [0.25, 0.3) is 0 Å². The molecule has 0 spiro atoms. The van der Waals surface area contributed by atoms with Gasteiger partial charge in [0.2, 0.25) is 0 Å². The minimum Gasteiger partial charge on any atom is -0.496 e. The number of hydrogen-bond acceptors (Lipinski definition) is 4. The number of nitrogens with two attached hydrogens (primary N) is 1. The standard InChI is InChI=1S/C15H17NO3/c1-17-13-7-14(18-2)9-15(8-13)19-12-5-3-11(10-16)4-6-12/h3-9H,10,16H2,1-2H3. The zero-order valence-corrected chi connectivity index (χ0v) is 11.1. The number of ether oxygens (including phenoxy) is 3. The Hall–Kier alpha value is -2.20. The van der Waals surface area contributed by atoms with Crippen LogP contribution < -0.4 is 19.9 Å². The fourth-order valence-corrected chi connectivity index (χ4v) is 1.67.